The molecule has 3 N–H and O–H groups in total. The number of aryl methyl sites for hydroxylation is 1. The average molecular weight is 263 g/mol. The van der Waals surface area contributed by atoms with Crippen molar-refractivity contribution in [1.29, 1.82) is 0 Å². The Morgan fingerprint density at radius 2 is 1.95 bits per heavy atom. The van der Waals surface area contributed by atoms with Gasteiger partial charge in [-0.15, -0.1) is 0 Å². The third-order valence-corrected chi connectivity index (χ3v) is 3.61. The fraction of sp³-hybridized carbons (Fsp3) is 0.429. The number of carboxylic acids is 1. The highest BCUT2D eigenvalue weighted by molar-refractivity contribution is 5.87. The van der Waals surface area contributed by atoms with E-state index in [1.54, 1.807) is 24.3 Å². The van der Waals surface area contributed by atoms with E-state index in [0.29, 0.717) is 24.8 Å². The number of aromatic hydroxyl groups is 1. The Kier molecular flexibility index (Phi) is 3.74. The van der Waals surface area contributed by atoms with Crippen molar-refractivity contribution in [3.63, 3.8) is 0 Å². The fourth-order valence-corrected chi connectivity index (χ4v) is 2.22. The molecule has 1 aromatic carbocycles. The molecule has 0 spiro atoms. The van der Waals surface area contributed by atoms with Crippen LogP contribution in [0.4, 0.5) is 0 Å². The summed E-state index contributed by atoms with van der Waals surface area (Å²) >= 11 is 0. The Hall–Kier alpha value is -2.04. The van der Waals surface area contributed by atoms with Crippen LogP contribution in [0.2, 0.25) is 0 Å². The van der Waals surface area contributed by atoms with Crippen LogP contribution in [-0.4, -0.2) is 27.6 Å². The number of phenols is 1. The number of amides is 1. The number of hydrogen-bond acceptors (Lipinski definition) is 3. The SMILES string of the molecule is O=C(CCc1ccccc1O)NC1(C(=O)O)CCC1. The van der Waals surface area contributed by atoms with Crippen molar-refractivity contribution < 1.29 is 19.8 Å². The summed E-state index contributed by atoms with van der Waals surface area (Å²) in [5.74, 6) is -1.09. The smallest absolute Gasteiger partial charge is 0.329 e. The zero-order valence-electron chi connectivity index (χ0n) is 10.6. The lowest BCUT2D eigenvalue weighted by Crippen LogP contribution is -2.59. The number of phenolic OH excluding ortho intramolecular Hbond substituents is 1. The van der Waals surface area contributed by atoms with E-state index < -0.39 is 11.5 Å². The second-order valence-electron chi connectivity index (χ2n) is 4.92. The molecule has 0 radical (unpaired) electrons. The fourth-order valence-electron chi connectivity index (χ4n) is 2.22. The van der Waals surface area contributed by atoms with Crippen LogP contribution in [0.15, 0.2) is 24.3 Å². The van der Waals surface area contributed by atoms with Gasteiger partial charge in [0.2, 0.25) is 5.91 Å². The second-order valence-corrected chi connectivity index (χ2v) is 4.92. The first-order valence-corrected chi connectivity index (χ1v) is 6.35. The lowest BCUT2D eigenvalue weighted by atomic mass is 9.76. The predicted molar refractivity (Wildman–Crippen MR) is 68.8 cm³/mol. The summed E-state index contributed by atoms with van der Waals surface area (Å²) in [4.78, 5) is 22.9. The maximum atomic E-state index is 11.8. The topological polar surface area (TPSA) is 86.6 Å². The van der Waals surface area contributed by atoms with Gasteiger partial charge in [0, 0.05) is 6.42 Å². The van der Waals surface area contributed by atoms with Gasteiger partial charge in [-0.05, 0) is 37.3 Å². The van der Waals surface area contributed by atoms with Crippen molar-refractivity contribution in [1.82, 2.24) is 5.32 Å². The van der Waals surface area contributed by atoms with Crippen LogP contribution in [0.1, 0.15) is 31.2 Å². The third-order valence-electron chi connectivity index (χ3n) is 3.61. The molecule has 19 heavy (non-hydrogen) atoms. The van der Waals surface area contributed by atoms with E-state index in [2.05, 4.69) is 5.32 Å². The average Bonchev–Trinajstić information content (AvgIpc) is 2.32. The zero-order chi connectivity index (χ0) is 13.9. The van der Waals surface area contributed by atoms with Crippen LogP contribution in [0.5, 0.6) is 5.75 Å². The van der Waals surface area contributed by atoms with Gasteiger partial charge < -0.3 is 15.5 Å². The van der Waals surface area contributed by atoms with Gasteiger partial charge in [0.05, 0.1) is 0 Å². The molecule has 0 heterocycles. The maximum Gasteiger partial charge on any atom is 0.329 e. The molecular formula is C14H17NO4. The summed E-state index contributed by atoms with van der Waals surface area (Å²) in [6.45, 7) is 0. The number of para-hydroxylation sites is 1. The van der Waals surface area contributed by atoms with Gasteiger partial charge in [-0.2, -0.15) is 0 Å². The van der Waals surface area contributed by atoms with E-state index >= 15 is 0 Å². The molecule has 1 fully saturated rings. The van der Waals surface area contributed by atoms with Crippen LogP contribution < -0.4 is 5.32 Å². The molecule has 1 aliphatic rings. The predicted octanol–water partition coefficient (Wildman–Crippen LogP) is 1.45. The molecule has 1 aromatic rings. The second kappa shape index (κ2) is 5.30. The summed E-state index contributed by atoms with van der Waals surface area (Å²) in [5.41, 5.74) is -0.369. The van der Waals surface area contributed by atoms with Gasteiger partial charge >= 0.3 is 5.97 Å². The number of rotatable bonds is 5. The van der Waals surface area contributed by atoms with Crippen molar-refractivity contribution in [3.8, 4) is 5.75 Å². The monoisotopic (exact) mass is 263 g/mol. The molecule has 5 nitrogen and oxygen atoms in total. The van der Waals surface area contributed by atoms with Crippen molar-refractivity contribution in [2.45, 2.75) is 37.6 Å². The maximum absolute atomic E-state index is 11.8. The van der Waals surface area contributed by atoms with E-state index in [1.165, 1.54) is 0 Å². The molecule has 0 aliphatic heterocycles. The van der Waals surface area contributed by atoms with Gasteiger partial charge in [0.25, 0.3) is 0 Å². The molecule has 1 saturated carbocycles. The molecular weight excluding hydrogens is 246 g/mol. The Morgan fingerprint density at radius 3 is 2.47 bits per heavy atom. The molecule has 1 amide bonds. The van der Waals surface area contributed by atoms with Gasteiger partial charge in [-0.3, -0.25) is 4.79 Å². The Bertz CT molecular complexity index is 494. The van der Waals surface area contributed by atoms with Gasteiger partial charge in [-0.1, -0.05) is 18.2 Å². The molecule has 0 aromatic heterocycles. The van der Waals surface area contributed by atoms with Gasteiger partial charge in [0.15, 0.2) is 0 Å². The summed E-state index contributed by atoms with van der Waals surface area (Å²) in [7, 11) is 0. The largest absolute Gasteiger partial charge is 0.508 e. The lowest BCUT2D eigenvalue weighted by Gasteiger charge is -2.38. The van der Waals surface area contributed by atoms with E-state index in [4.69, 9.17) is 5.11 Å². The molecule has 0 bridgehead atoms. The van der Waals surface area contributed by atoms with Crippen molar-refractivity contribution >= 4 is 11.9 Å². The Labute approximate surface area is 111 Å². The van der Waals surface area contributed by atoms with E-state index in [1.807, 2.05) is 0 Å². The van der Waals surface area contributed by atoms with Crippen molar-refractivity contribution in [2.75, 3.05) is 0 Å². The molecule has 5 heteroatoms. The standard InChI is InChI=1S/C14H17NO4/c16-11-5-2-1-4-10(11)6-7-12(17)15-14(13(18)19)8-3-9-14/h1-2,4-5,16H,3,6-9H2,(H,15,17)(H,18,19). The van der Waals surface area contributed by atoms with E-state index in [9.17, 15) is 14.7 Å². The van der Waals surface area contributed by atoms with Gasteiger partial charge in [-0.25, -0.2) is 4.79 Å². The highest BCUT2D eigenvalue weighted by Crippen LogP contribution is 2.32. The van der Waals surface area contributed by atoms with E-state index in [-0.39, 0.29) is 18.1 Å². The molecule has 102 valence electrons. The molecule has 2 rings (SSSR count). The van der Waals surface area contributed by atoms with Crippen LogP contribution in [0.25, 0.3) is 0 Å². The minimum atomic E-state index is -1.06. The summed E-state index contributed by atoms with van der Waals surface area (Å²) in [6, 6.07) is 6.82. The summed E-state index contributed by atoms with van der Waals surface area (Å²) in [6.07, 6.45) is 2.38. The molecule has 0 unspecified atom stereocenters. The zero-order valence-corrected chi connectivity index (χ0v) is 10.6. The number of carbonyl (C=O) groups is 2. The summed E-state index contributed by atoms with van der Waals surface area (Å²) in [5, 5.41) is 21.3. The third kappa shape index (κ3) is 2.86. The highest BCUT2D eigenvalue weighted by Gasteiger charge is 2.45. The summed E-state index contributed by atoms with van der Waals surface area (Å²) < 4.78 is 0. The molecule has 0 atom stereocenters. The lowest BCUT2D eigenvalue weighted by molar-refractivity contribution is -0.151. The number of aliphatic carboxylic acids is 1. The quantitative estimate of drug-likeness (QED) is 0.750. The number of hydrogen-bond donors (Lipinski definition) is 3. The van der Waals surface area contributed by atoms with Crippen molar-refractivity contribution in [3.05, 3.63) is 29.8 Å². The van der Waals surface area contributed by atoms with E-state index in [0.717, 1.165) is 6.42 Å². The van der Waals surface area contributed by atoms with Crippen LogP contribution >= 0.6 is 0 Å². The first kappa shape index (κ1) is 13.4. The first-order chi connectivity index (χ1) is 9.03. The Balaban J connectivity index is 1.89. The number of carbonyl (C=O) groups excluding carboxylic acids is 1. The normalized spacial score (nSPS) is 16.4. The van der Waals surface area contributed by atoms with Crippen LogP contribution in [0, 0.1) is 0 Å². The van der Waals surface area contributed by atoms with Crippen LogP contribution in [0.3, 0.4) is 0 Å². The first-order valence-electron chi connectivity index (χ1n) is 6.35. The minimum Gasteiger partial charge on any atom is -0.508 e. The Morgan fingerprint density at radius 1 is 1.26 bits per heavy atom. The molecule has 1 aliphatic carbocycles. The number of benzene rings is 1. The number of carboxylic acid groups (broad SMARTS) is 1. The van der Waals surface area contributed by atoms with Crippen molar-refractivity contribution in [2.24, 2.45) is 0 Å². The molecule has 0 saturated heterocycles. The number of nitrogens with one attached hydrogen (secondary N) is 1. The minimum absolute atomic E-state index is 0.159. The van der Waals surface area contributed by atoms with Gasteiger partial charge in [0.1, 0.15) is 11.3 Å². The van der Waals surface area contributed by atoms with Crippen LogP contribution in [-0.2, 0) is 16.0 Å². The highest BCUT2D eigenvalue weighted by atomic mass is 16.4.